The van der Waals surface area contributed by atoms with Crippen LogP contribution >= 0.6 is 0 Å². The number of benzene rings is 2. The number of amides is 1. The third kappa shape index (κ3) is 6.00. The van der Waals surface area contributed by atoms with Gasteiger partial charge in [-0.25, -0.2) is 22.8 Å². The zero-order chi connectivity index (χ0) is 19.8. The van der Waals surface area contributed by atoms with Crippen molar-refractivity contribution in [3.8, 4) is 0 Å². The molecule has 9 heteroatoms. The zero-order valence-corrected chi connectivity index (χ0v) is 16.0. The highest BCUT2D eigenvalue weighted by Gasteiger charge is 2.12. The van der Waals surface area contributed by atoms with Gasteiger partial charge in [0, 0.05) is 18.7 Å². The number of sulfonamides is 1. The fourth-order valence-electron chi connectivity index (χ4n) is 2.53. The summed E-state index contributed by atoms with van der Waals surface area (Å²) in [4.78, 5) is 16.1. The molecule has 0 saturated heterocycles. The van der Waals surface area contributed by atoms with Gasteiger partial charge in [0.15, 0.2) is 0 Å². The third-order valence-corrected chi connectivity index (χ3v) is 5.35. The number of hydrogen-bond acceptors (Lipinski definition) is 5. The smallest absolute Gasteiger partial charge is 0.251 e. The SMILES string of the molecule is O=C(NCCS(=O)(=O)NCc1ccccc1)c1ccc(Cn2cncn2)cc1. The first kappa shape index (κ1) is 19.7. The van der Waals surface area contributed by atoms with Crippen molar-refractivity contribution in [2.75, 3.05) is 12.3 Å². The predicted octanol–water partition coefficient (Wildman–Crippen LogP) is 1.18. The molecule has 0 fully saturated rings. The van der Waals surface area contributed by atoms with Crippen LogP contribution in [0, 0.1) is 0 Å². The standard InChI is InChI=1S/C19H21N5O3S/c25-19(18-8-6-17(7-9-18)13-24-15-20-14-22-24)21-10-11-28(26,27)23-12-16-4-2-1-3-5-16/h1-9,14-15,23H,10-13H2,(H,21,25). The van der Waals surface area contributed by atoms with Gasteiger partial charge in [-0.05, 0) is 23.3 Å². The van der Waals surface area contributed by atoms with E-state index in [2.05, 4.69) is 20.1 Å². The molecule has 0 unspecified atom stereocenters. The lowest BCUT2D eigenvalue weighted by molar-refractivity contribution is 0.0956. The Bertz CT molecular complexity index is 988. The second kappa shape index (κ2) is 9.25. The second-order valence-corrected chi connectivity index (χ2v) is 8.10. The number of carbonyl (C=O) groups excluding carboxylic acids is 1. The van der Waals surface area contributed by atoms with Crippen molar-refractivity contribution in [1.82, 2.24) is 24.8 Å². The largest absolute Gasteiger partial charge is 0.351 e. The molecule has 0 aliphatic rings. The molecule has 1 amide bonds. The van der Waals surface area contributed by atoms with Crippen LogP contribution in [0.25, 0.3) is 0 Å². The van der Waals surface area contributed by atoms with E-state index in [1.807, 2.05) is 42.5 Å². The van der Waals surface area contributed by atoms with E-state index < -0.39 is 10.0 Å². The van der Waals surface area contributed by atoms with Gasteiger partial charge in [0.1, 0.15) is 12.7 Å². The molecule has 0 aliphatic carbocycles. The monoisotopic (exact) mass is 399 g/mol. The van der Waals surface area contributed by atoms with Crippen LogP contribution in [0.5, 0.6) is 0 Å². The Morgan fingerprint density at radius 3 is 2.43 bits per heavy atom. The van der Waals surface area contributed by atoms with E-state index in [0.29, 0.717) is 12.1 Å². The third-order valence-electron chi connectivity index (χ3n) is 4.02. The Morgan fingerprint density at radius 2 is 1.75 bits per heavy atom. The molecule has 0 bridgehead atoms. The Balaban J connectivity index is 1.44. The van der Waals surface area contributed by atoms with Crippen LogP contribution in [0.1, 0.15) is 21.5 Å². The minimum atomic E-state index is -3.47. The maximum Gasteiger partial charge on any atom is 0.251 e. The average molecular weight is 399 g/mol. The number of rotatable bonds is 9. The van der Waals surface area contributed by atoms with Crippen LogP contribution in [0.2, 0.25) is 0 Å². The van der Waals surface area contributed by atoms with E-state index in [1.165, 1.54) is 6.33 Å². The molecule has 0 saturated carbocycles. The van der Waals surface area contributed by atoms with Crippen LogP contribution in [-0.4, -0.2) is 41.4 Å². The van der Waals surface area contributed by atoms with Gasteiger partial charge < -0.3 is 5.32 Å². The summed E-state index contributed by atoms with van der Waals surface area (Å²) < 4.78 is 28.3. The van der Waals surface area contributed by atoms with Gasteiger partial charge >= 0.3 is 0 Å². The lowest BCUT2D eigenvalue weighted by Gasteiger charge is -2.09. The Morgan fingerprint density at radius 1 is 1.00 bits per heavy atom. The summed E-state index contributed by atoms with van der Waals surface area (Å²) in [5.74, 6) is -0.499. The summed E-state index contributed by atoms with van der Waals surface area (Å²) >= 11 is 0. The van der Waals surface area contributed by atoms with Crippen LogP contribution < -0.4 is 10.0 Å². The lowest BCUT2D eigenvalue weighted by atomic mass is 10.1. The average Bonchev–Trinajstić information content (AvgIpc) is 3.21. The molecule has 28 heavy (non-hydrogen) atoms. The van der Waals surface area contributed by atoms with E-state index in [-0.39, 0.29) is 24.7 Å². The topological polar surface area (TPSA) is 106 Å². The lowest BCUT2D eigenvalue weighted by Crippen LogP contribution is -2.34. The van der Waals surface area contributed by atoms with Crippen LogP contribution in [0.15, 0.2) is 67.3 Å². The Labute approximate surface area is 163 Å². The normalized spacial score (nSPS) is 11.3. The fraction of sp³-hybridized carbons (Fsp3) is 0.211. The highest BCUT2D eigenvalue weighted by Crippen LogP contribution is 2.06. The minimum absolute atomic E-state index is 0.0314. The van der Waals surface area contributed by atoms with Gasteiger partial charge in [0.05, 0.1) is 12.3 Å². The van der Waals surface area contributed by atoms with Gasteiger partial charge in [-0.3, -0.25) is 4.79 Å². The minimum Gasteiger partial charge on any atom is -0.351 e. The number of nitrogens with zero attached hydrogens (tertiary/aromatic N) is 3. The first-order valence-electron chi connectivity index (χ1n) is 8.73. The first-order chi connectivity index (χ1) is 13.5. The fourth-order valence-corrected chi connectivity index (χ4v) is 3.43. The number of nitrogens with one attached hydrogen (secondary N) is 2. The number of aromatic nitrogens is 3. The van der Waals surface area contributed by atoms with Gasteiger partial charge in [-0.1, -0.05) is 42.5 Å². The van der Waals surface area contributed by atoms with Crippen molar-refractivity contribution in [3.63, 3.8) is 0 Å². The highest BCUT2D eigenvalue weighted by molar-refractivity contribution is 7.89. The summed E-state index contributed by atoms with van der Waals surface area (Å²) in [5, 5.41) is 6.66. The molecule has 0 aliphatic heterocycles. The highest BCUT2D eigenvalue weighted by atomic mass is 32.2. The molecule has 8 nitrogen and oxygen atoms in total. The molecule has 0 atom stereocenters. The molecule has 0 spiro atoms. The molecular formula is C19H21N5O3S. The predicted molar refractivity (Wildman–Crippen MR) is 105 cm³/mol. The molecule has 2 N–H and O–H groups in total. The molecule has 146 valence electrons. The van der Waals surface area contributed by atoms with Crippen molar-refractivity contribution in [1.29, 1.82) is 0 Å². The van der Waals surface area contributed by atoms with E-state index in [1.54, 1.807) is 23.1 Å². The van der Waals surface area contributed by atoms with Crippen LogP contribution in [0.4, 0.5) is 0 Å². The first-order valence-corrected chi connectivity index (χ1v) is 10.4. The number of carbonyl (C=O) groups is 1. The summed E-state index contributed by atoms with van der Waals surface area (Å²) in [6.45, 7) is 0.821. The number of hydrogen-bond donors (Lipinski definition) is 2. The van der Waals surface area contributed by atoms with Crippen LogP contribution in [-0.2, 0) is 23.1 Å². The van der Waals surface area contributed by atoms with Crippen molar-refractivity contribution in [2.24, 2.45) is 0 Å². The quantitative estimate of drug-likeness (QED) is 0.562. The zero-order valence-electron chi connectivity index (χ0n) is 15.2. The Hall–Kier alpha value is -3.04. The molecule has 3 aromatic rings. The maximum atomic E-state index is 12.2. The van der Waals surface area contributed by atoms with Gasteiger partial charge in [-0.15, -0.1) is 0 Å². The van der Waals surface area contributed by atoms with Gasteiger partial charge in [-0.2, -0.15) is 5.10 Å². The second-order valence-electron chi connectivity index (χ2n) is 6.17. The van der Waals surface area contributed by atoms with Crippen LogP contribution in [0.3, 0.4) is 0 Å². The van der Waals surface area contributed by atoms with E-state index >= 15 is 0 Å². The summed E-state index contributed by atoms with van der Waals surface area (Å²) in [7, 11) is -3.47. The van der Waals surface area contributed by atoms with Crippen molar-refractivity contribution in [2.45, 2.75) is 13.1 Å². The molecule has 0 radical (unpaired) electrons. The summed E-state index contributed by atoms with van der Waals surface area (Å²) in [5.41, 5.74) is 2.33. The molecular weight excluding hydrogens is 378 g/mol. The molecule has 3 rings (SSSR count). The Kier molecular flexibility index (Phi) is 6.51. The van der Waals surface area contributed by atoms with E-state index in [9.17, 15) is 13.2 Å². The van der Waals surface area contributed by atoms with Crippen molar-refractivity contribution in [3.05, 3.63) is 83.9 Å². The van der Waals surface area contributed by atoms with Gasteiger partial charge in [0.25, 0.3) is 5.91 Å². The summed E-state index contributed by atoms with van der Waals surface area (Å²) in [6, 6.07) is 16.3. The molecule has 2 aromatic carbocycles. The molecule has 1 heterocycles. The van der Waals surface area contributed by atoms with Crippen molar-refractivity contribution < 1.29 is 13.2 Å². The van der Waals surface area contributed by atoms with Gasteiger partial charge in [0.2, 0.25) is 10.0 Å². The van der Waals surface area contributed by atoms with E-state index in [4.69, 9.17) is 0 Å². The van der Waals surface area contributed by atoms with E-state index in [0.717, 1.165) is 11.1 Å². The maximum absolute atomic E-state index is 12.2. The molecule has 1 aromatic heterocycles. The van der Waals surface area contributed by atoms with Crippen molar-refractivity contribution >= 4 is 15.9 Å². The summed E-state index contributed by atoms with van der Waals surface area (Å²) in [6.07, 6.45) is 3.08.